The van der Waals surface area contributed by atoms with Gasteiger partial charge in [-0.3, -0.25) is 0 Å². The van der Waals surface area contributed by atoms with E-state index in [0.29, 0.717) is 0 Å². The minimum atomic E-state index is 0.831. The molecule has 0 amide bonds. The van der Waals surface area contributed by atoms with E-state index in [9.17, 15) is 0 Å². The Morgan fingerprint density at radius 2 is 1.31 bits per heavy atom. The number of hydrogen-bond donors (Lipinski definition) is 1. The van der Waals surface area contributed by atoms with Gasteiger partial charge in [-0.05, 0) is 53.1 Å². The highest BCUT2D eigenvalue weighted by Crippen LogP contribution is 2.17. The predicted octanol–water partition coefficient (Wildman–Crippen LogP) is -0.0548. The van der Waals surface area contributed by atoms with Gasteiger partial charge in [-0.1, -0.05) is 0 Å². The molecule has 0 spiro atoms. The van der Waals surface area contributed by atoms with Crippen LogP contribution in [0.15, 0.2) is 0 Å². The lowest BCUT2D eigenvalue weighted by atomic mass is 9.95. The Kier molecular flexibility index (Phi) is 4.16. The third kappa shape index (κ3) is 3.63. The van der Waals surface area contributed by atoms with Gasteiger partial charge in [0, 0.05) is 13.1 Å². The van der Waals surface area contributed by atoms with Gasteiger partial charge in [0.25, 0.3) is 0 Å². The van der Waals surface area contributed by atoms with E-state index in [1.807, 2.05) is 0 Å². The van der Waals surface area contributed by atoms with E-state index in [4.69, 9.17) is 0 Å². The van der Waals surface area contributed by atoms with Crippen LogP contribution in [0, 0.1) is 11.8 Å². The second kappa shape index (κ2) is 4.94. The second-order valence-electron chi connectivity index (χ2n) is 4.70. The lowest BCUT2D eigenvalue weighted by molar-refractivity contribution is 0.243. The minimum Gasteiger partial charge on any atom is -0.316 e. The summed E-state index contributed by atoms with van der Waals surface area (Å²) in [5, 5.41) is 3.48. The van der Waals surface area contributed by atoms with Crippen molar-refractivity contribution in [1.29, 1.82) is 0 Å². The predicted molar refractivity (Wildman–Crippen MR) is 57.0 cm³/mol. The van der Waals surface area contributed by atoms with Crippen molar-refractivity contribution < 1.29 is 0 Å². The van der Waals surface area contributed by atoms with Crippen LogP contribution in [0.5, 0.6) is 0 Å². The van der Waals surface area contributed by atoms with Gasteiger partial charge in [-0.2, -0.15) is 0 Å². The Hall–Kier alpha value is -0.120. The topological polar surface area (TPSA) is 18.5 Å². The summed E-state index contributed by atoms with van der Waals surface area (Å²) in [4.78, 5) is 4.58. The molecule has 1 fully saturated rings. The maximum absolute atomic E-state index is 3.48. The van der Waals surface area contributed by atoms with E-state index in [1.165, 1.54) is 26.2 Å². The average Bonchev–Trinajstić information content (AvgIpc) is 2.34. The first-order chi connectivity index (χ1) is 6.09. The summed E-state index contributed by atoms with van der Waals surface area (Å²) in [6.45, 7) is 4.81. The van der Waals surface area contributed by atoms with E-state index in [0.717, 1.165) is 11.8 Å². The van der Waals surface area contributed by atoms with Crippen LogP contribution < -0.4 is 5.32 Å². The Morgan fingerprint density at radius 3 is 1.62 bits per heavy atom. The van der Waals surface area contributed by atoms with E-state index in [-0.39, 0.29) is 0 Å². The van der Waals surface area contributed by atoms with Crippen molar-refractivity contribution in [2.75, 3.05) is 54.4 Å². The Bertz CT molecular complexity index is 129. The largest absolute Gasteiger partial charge is 0.316 e. The molecular weight excluding hydrogens is 162 g/mol. The van der Waals surface area contributed by atoms with Gasteiger partial charge < -0.3 is 15.1 Å². The summed E-state index contributed by atoms with van der Waals surface area (Å²) < 4.78 is 0. The average molecular weight is 185 g/mol. The fourth-order valence-electron chi connectivity index (χ4n) is 2.15. The summed E-state index contributed by atoms with van der Waals surface area (Å²) >= 11 is 0. The fraction of sp³-hybridized carbons (Fsp3) is 1.00. The first-order valence-electron chi connectivity index (χ1n) is 5.09. The van der Waals surface area contributed by atoms with Crippen LogP contribution in [0.2, 0.25) is 0 Å². The van der Waals surface area contributed by atoms with Crippen LogP contribution in [0.25, 0.3) is 0 Å². The number of rotatable bonds is 4. The molecule has 1 aliphatic rings. The van der Waals surface area contributed by atoms with E-state index < -0.39 is 0 Å². The summed E-state index contributed by atoms with van der Waals surface area (Å²) in [5.74, 6) is 1.66. The number of nitrogens with one attached hydrogen (secondary N) is 1. The monoisotopic (exact) mass is 185 g/mol. The molecule has 1 saturated heterocycles. The minimum absolute atomic E-state index is 0.831. The summed E-state index contributed by atoms with van der Waals surface area (Å²) in [6.07, 6.45) is 0. The molecule has 1 rings (SSSR count). The molecule has 0 aromatic carbocycles. The van der Waals surface area contributed by atoms with Crippen LogP contribution in [-0.2, 0) is 0 Å². The molecule has 0 saturated carbocycles. The molecule has 3 nitrogen and oxygen atoms in total. The normalized spacial score (nSPS) is 29.1. The summed E-state index contributed by atoms with van der Waals surface area (Å²) in [6, 6.07) is 0. The maximum Gasteiger partial charge on any atom is 0.00193 e. The van der Waals surface area contributed by atoms with Gasteiger partial charge in [0.05, 0.1) is 0 Å². The quantitative estimate of drug-likeness (QED) is 0.662. The molecule has 13 heavy (non-hydrogen) atoms. The van der Waals surface area contributed by atoms with E-state index in [2.05, 4.69) is 43.3 Å². The molecule has 0 radical (unpaired) electrons. The molecule has 1 heterocycles. The van der Waals surface area contributed by atoms with Crippen molar-refractivity contribution in [2.45, 2.75) is 0 Å². The third-order valence-corrected chi connectivity index (χ3v) is 2.68. The fourth-order valence-corrected chi connectivity index (χ4v) is 2.15. The highest BCUT2D eigenvalue weighted by molar-refractivity contribution is 4.83. The number of nitrogens with zero attached hydrogens (tertiary/aromatic N) is 2. The van der Waals surface area contributed by atoms with E-state index in [1.54, 1.807) is 0 Å². The first kappa shape index (κ1) is 11.0. The van der Waals surface area contributed by atoms with Gasteiger partial charge in [0.15, 0.2) is 0 Å². The molecule has 1 aliphatic heterocycles. The lowest BCUT2D eigenvalue weighted by Crippen LogP contribution is -2.32. The standard InChI is InChI=1S/C10H23N3/c1-12(2)7-9-5-11-6-10(9)8-13(3)4/h9-11H,5-8H2,1-4H3. The highest BCUT2D eigenvalue weighted by Gasteiger charge is 2.27. The van der Waals surface area contributed by atoms with Crippen LogP contribution in [0.1, 0.15) is 0 Å². The van der Waals surface area contributed by atoms with Crippen LogP contribution in [0.4, 0.5) is 0 Å². The third-order valence-electron chi connectivity index (χ3n) is 2.68. The molecule has 1 N–H and O–H groups in total. The highest BCUT2D eigenvalue weighted by atomic mass is 15.1. The van der Waals surface area contributed by atoms with Crippen molar-refractivity contribution in [3.05, 3.63) is 0 Å². The Labute approximate surface area is 82.1 Å². The molecular formula is C10H23N3. The van der Waals surface area contributed by atoms with Crippen molar-refractivity contribution in [1.82, 2.24) is 15.1 Å². The molecule has 0 aliphatic carbocycles. The zero-order valence-corrected chi connectivity index (χ0v) is 9.38. The molecule has 78 valence electrons. The summed E-state index contributed by atoms with van der Waals surface area (Å²) in [5.41, 5.74) is 0. The van der Waals surface area contributed by atoms with Crippen molar-refractivity contribution in [3.8, 4) is 0 Å². The molecule has 3 heteroatoms. The van der Waals surface area contributed by atoms with Gasteiger partial charge in [-0.25, -0.2) is 0 Å². The van der Waals surface area contributed by atoms with Gasteiger partial charge >= 0.3 is 0 Å². The van der Waals surface area contributed by atoms with Gasteiger partial charge in [0.1, 0.15) is 0 Å². The van der Waals surface area contributed by atoms with E-state index >= 15 is 0 Å². The second-order valence-corrected chi connectivity index (χ2v) is 4.70. The van der Waals surface area contributed by atoms with Crippen LogP contribution in [-0.4, -0.2) is 64.2 Å². The molecule has 0 aromatic heterocycles. The molecule has 0 aromatic rings. The molecule has 0 bridgehead atoms. The molecule has 2 unspecified atom stereocenters. The SMILES string of the molecule is CN(C)CC1CNCC1CN(C)C. The van der Waals surface area contributed by atoms with Crippen LogP contribution >= 0.6 is 0 Å². The van der Waals surface area contributed by atoms with Gasteiger partial charge in [-0.15, -0.1) is 0 Å². The van der Waals surface area contributed by atoms with Crippen molar-refractivity contribution >= 4 is 0 Å². The summed E-state index contributed by atoms with van der Waals surface area (Å²) in [7, 11) is 8.63. The zero-order chi connectivity index (χ0) is 9.84. The zero-order valence-electron chi connectivity index (χ0n) is 9.38. The van der Waals surface area contributed by atoms with Crippen molar-refractivity contribution in [2.24, 2.45) is 11.8 Å². The maximum atomic E-state index is 3.48. The molecule has 2 atom stereocenters. The van der Waals surface area contributed by atoms with Crippen molar-refractivity contribution in [3.63, 3.8) is 0 Å². The van der Waals surface area contributed by atoms with Gasteiger partial charge in [0.2, 0.25) is 0 Å². The Balaban J connectivity index is 2.35. The Morgan fingerprint density at radius 1 is 0.923 bits per heavy atom. The number of hydrogen-bond acceptors (Lipinski definition) is 3. The van der Waals surface area contributed by atoms with Crippen LogP contribution in [0.3, 0.4) is 0 Å². The first-order valence-corrected chi connectivity index (χ1v) is 5.09. The lowest BCUT2D eigenvalue weighted by Gasteiger charge is -2.24. The smallest absolute Gasteiger partial charge is 0.00193 e.